The lowest BCUT2D eigenvalue weighted by molar-refractivity contribution is 0.411. The molecule has 0 bridgehead atoms. The molecule has 1 aliphatic carbocycles. The zero-order valence-corrected chi connectivity index (χ0v) is 12.4. The van der Waals surface area contributed by atoms with Crippen molar-refractivity contribution in [3.8, 4) is 5.75 Å². The van der Waals surface area contributed by atoms with Crippen LogP contribution < -0.4 is 10.1 Å². The Morgan fingerprint density at radius 3 is 2.73 bits per heavy atom. The first-order chi connectivity index (χ1) is 10.8. The lowest BCUT2D eigenvalue weighted by Crippen LogP contribution is -2.29. The van der Waals surface area contributed by atoms with Crippen LogP contribution in [-0.4, -0.2) is 7.11 Å². The lowest BCUT2D eigenvalue weighted by atomic mass is 9.77. The Kier molecular flexibility index (Phi) is 3.14. The average Bonchev–Trinajstić information content (AvgIpc) is 3.04. The molecule has 3 unspecified atom stereocenters. The first-order valence-corrected chi connectivity index (χ1v) is 7.63. The van der Waals surface area contributed by atoms with E-state index in [1.807, 2.05) is 18.2 Å². The molecule has 0 spiro atoms. The number of anilines is 1. The molecule has 3 atom stereocenters. The van der Waals surface area contributed by atoms with E-state index in [1.165, 1.54) is 11.6 Å². The summed E-state index contributed by atoms with van der Waals surface area (Å²) < 4.78 is 18.8. The average molecular weight is 295 g/mol. The smallest absolute Gasteiger partial charge is 0.123 e. The molecule has 0 saturated carbocycles. The Morgan fingerprint density at radius 1 is 1.14 bits per heavy atom. The quantitative estimate of drug-likeness (QED) is 0.814. The number of hydrogen-bond acceptors (Lipinski definition) is 2. The van der Waals surface area contributed by atoms with Gasteiger partial charge in [-0.15, -0.1) is 0 Å². The highest BCUT2D eigenvalue weighted by atomic mass is 19.1. The van der Waals surface area contributed by atoms with Crippen LogP contribution in [0.1, 0.15) is 29.5 Å². The first kappa shape index (κ1) is 13.4. The molecule has 2 aliphatic rings. The minimum absolute atomic E-state index is 0.164. The molecule has 2 aromatic carbocycles. The van der Waals surface area contributed by atoms with Gasteiger partial charge in [0.2, 0.25) is 0 Å². The summed E-state index contributed by atoms with van der Waals surface area (Å²) in [5.41, 5.74) is 3.35. The highest BCUT2D eigenvalue weighted by molar-refractivity contribution is 5.59. The van der Waals surface area contributed by atoms with Crippen LogP contribution >= 0.6 is 0 Å². The molecule has 112 valence electrons. The zero-order chi connectivity index (χ0) is 15.1. The molecule has 22 heavy (non-hydrogen) atoms. The van der Waals surface area contributed by atoms with Gasteiger partial charge >= 0.3 is 0 Å². The normalized spacial score (nSPS) is 25.3. The van der Waals surface area contributed by atoms with Crippen molar-refractivity contribution < 1.29 is 9.13 Å². The van der Waals surface area contributed by atoms with Gasteiger partial charge in [0, 0.05) is 11.6 Å². The summed E-state index contributed by atoms with van der Waals surface area (Å²) in [5, 5.41) is 3.60. The summed E-state index contributed by atoms with van der Waals surface area (Å²) in [4.78, 5) is 0. The van der Waals surface area contributed by atoms with E-state index < -0.39 is 0 Å². The molecule has 0 radical (unpaired) electrons. The summed E-state index contributed by atoms with van der Waals surface area (Å²) in [5.74, 6) is 1.42. The molecule has 2 aromatic rings. The molecular weight excluding hydrogens is 277 g/mol. The van der Waals surface area contributed by atoms with Crippen molar-refractivity contribution >= 4 is 5.69 Å². The van der Waals surface area contributed by atoms with Gasteiger partial charge in [-0.05, 0) is 53.8 Å². The maximum Gasteiger partial charge on any atom is 0.123 e. The van der Waals surface area contributed by atoms with Crippen LogP contribution in [0.3, 0.4) is 0 Å². The molecule has 1 heterocycles. The Bertz CT molecular complexity index is 723. The number of fused-ring (bicyclic) bond motifs is 3. The molecule has 1 aliphatic heterocycles. The van der Waals surface area contributed by atoms with Crippen molar-refractivity contribution in [2.24, 2.45) is 5.92 Å². The number of hydrogen-bond donors (Lipinski definition) is 1. The topological polar surface area (TPSA) is 21.3 Å². The van der Waals surface area contributed by atoms with E-state index in [1.54, 1.807) is 13.2 Å². The van der Waals surface area contributed by atoms with Crippen LogP contribution in [0.15, 0.2) is 54.6 Å². The van der Waals surface area contributed by atoms with Crippen LogP contribution in [0, 0.1) is 11.7 Å². The van der Waals surface area contributed by atoms with Crippen molar-refractivity contribution in [1.29, 1.82) is 0 Å². The van der Waals surface area contributed by atoms with Gasteiger partial charge in [0.05, 0.1) is 13.2 Å². The third kappa shape index (κ3) is 2.08. The summed E-state index contributed by atoms with van der Waals surface area (Å²) in [6.45, 7) is 0. The number of benzene rings is 2. The van der Waals surface area contributed by atoms with E-state index in [0.29, 0.717) is 11.8 Å². The molecule has 3 heteroatoms. The van der Waals surface area contributed by atoms with Gasteiger partial charge in [-0.25, -0.2) is 4.39 Å². The number of halogens is 1. The fourth-order valence-electron chi connectivity index (χ4n) is 3.71. The minimum atomic E-state index is -0.164. The van der Waals surface area contributed by atoms with Crippen molar-refractivity contribution in [2.75, 3.05) is 12.4 Å². The van der Waals surface area contributed by atoms with Crippen molar-refractivity contribution in [2.45, 2.75) is 18.4 Å². The van der Waals surface area contributed by atoms with Gasteiger partial charge in [-0.3, -0.25) is 0 Å². The van der Waals surface area contributed by atoms with Gasteiger partial charge in [-0.1, -0.05) is 24.3 Å². The van der Waals surface area contributed by atoms with Crippen molar-refractivity contribution in [3.05, 3.63) is 71.6 Å². The Morgan fingerprint density at radius 2 is 1.95 bits per heavy atom. The SMILES string of the molecule is COc1ccc(C2Nc3ccc(F)cc3C3C=CCC32)cc1. The number of methoxy groups -OCH3 is 1. The molecular formula is C19H18FNO. The second-order valence-corrected chi connectivity index (χ2v) is 5.98. The van der Waals surface area contributed by atoms with E-state index in [4.69, 9.17) is 4.74 Å². The standard InChI is InChI=1S/C19H18FNO/c1-22-14-8-5-12(6-9-14)19-16-4-2-3-15(16)17-11-13(20)7-10-18(17)21-19/h2-3,5-11,15-16,19,21H,4H2,1H3. The summed E-state index contributed by atoms with van der Waals surface area (Å²) in [6.07, 6.45) is 5.46. The number of ether oxygens (including phenoxy) is 1. The molecule has 2 nitrogen and oxygen atoms in total. The molecule has 0 aromatic heterocycles. The van der Waals surface area contributed by atoms with Gasteiger partial charge < -0.3 is 10.1 Å². The molecule has 0 saturated heterocycles. The highest BCUT2D eigenvalue weighted by Crippen LogP contribution is 2.49. The monoisotopic (exact) mass is 295 g/mol. The van der Waals surface area contributed by atoms with E-state index in [9.17, 15) is 4.39 Å². The van der Waals surface area contributed by atoms with Crippen molar-refractivity contribution in [1.82, 2.24) is 0 Å². The predicted octanol–water partition coefficient (Wildman–Crippen LogP) is 4.66. The van der Waals surface area contributed by atoms with Crippen LogP contribution in [0.2, 0.25) is 0 Å². The van der Waals surface area contributed by atoms with E-state index in [0.717, 1.165) is 23.4 Å². The van der Waals surface area contributed by atoms with Crippen LogP contribution in [0.5, 0.6) is 5.75 Å². The zero-order valence-electron chi connectivity index (χ0n) is 12.4. The second kappa shape index (κ2) is 5.16. The van der Waals surface area contributed by atoms with Crippen LogP contribution in [0.25, 0.3) is 0 Å². The van der Waals surface area contributed by atoms with Crippen LogP contribution in [0.4, 0.5) is 10.1 Å². The molecule has 1 N–H and O–H groups in total. The number of allylic oxidation sites excluding steroid dienone is 2. The fraction of sp³-hybridized carbons (Fsp3) is 0.263. The first-order valence-electron chi connectivity index (χ1n) is 7.63. The molecule has 4 rings (SSSR count). The van der Waals surface area contributed by atoms with Gasteiger partial charge in [0.15, 0.2) is 0 Å². The summed E-state index contributed by atoms with van der Waals surface area (Å²) in [6, 6.07) is 13.5. The Hall–Kier alpha value is -2.29. The van der Waals surface area contributed by atoms with Gasteiger partial charge in [-0.2, -0.15) is 0 Å². The Labute approximate surface area is 129 Å². The molecule has 0 fully saturated rings. The third-order valence-electron chi connectivity index (χ3n) is 4.80. The summed E-state index contributed by atoms with van der Waals surface area (Å²) in [7, 11) is 1.68. The summed E-state index contributed by atoms with van der Waals surface area (Å²) >= 11 is 0. The highest BCUT2D eigenvalue weighted by Gasteiger charge is 2.37. The van der Waals surface area contributed by atoms with Crippen LogP contribution in [-0.2, 0) is 0 Å². The lowest BCUT2D eigenvalue weighted by Gasteiger charge is -2.37. The fourth-order valence-corrected chi connectivity index (χ4v) is 3.71. The van der Waals surface area contributed by atoms with Crippen molar-refractivity contribution in [3.63, 3.8) is 0 Å². The van der Waals surface area contributed by atoms with Gasteiger partial charge in [0.25, 0.3) is 0 Å². The Balaban J connectivity index is 1.74. The van der Waals surface area contributed by atoms with E-state index in [-0.39, 0.29) is 11.9 Å². The van der Waals surface area contributed by atoms with Gasteiger partial charge in [0.1, 0.15) is 11.6 Å². The maximum atomic E-state index is 13.6. The third-order valence-corrected chi connectivity index (χ3v) is 4.80. The van der Waals surface area contributed by atoms with E-state index >= 15 is 0 Å². The molecule has 0 amide bonds. The van der Waals surface area contributed by atoms with E-state index in [2.05, 4.69) is 29.6 Å². The minimum Gasteiger partial charge on any atom is -0.497 e. The second-order valence-electron chi connectivity index (χ2n) is 5.98. The number of rotatable bonds is 2. The predicted molar refractivity (Wildman–Crippen MR) is 85.7 cm³/mol. The maximum absolute atomic E-state index is 13.6. The largest absolute Gasteiger partial charge is 0.497 e. The number of nitrogens with one attached hydrogen (secondary N) is 1.